The molecule has 0 amide bonds. The van der Waals surface area contributed by atoms with Gasteiger partial charge in [-0.25, -0.2) is 4.68 Å². The van der Waals surface area contributed by atoms with E-state index in [0.717, 1.165) is 5.69 Å². The van der Waals surface area contributed by atoms with Gasteiger partial charge in [0.05, 0.1) is 5.88 Å². The van der Waals surface area contributed by atoms with Gasteiger partial charge in [0.1, 0.15) is 11.5 Å². The number of nitrogen functional groups attached to an aromatic ring is 1. The minimum Gasteiger partial charge on any atom is -0.382 e. The molecule has 0 saturated heterocycles. The summed E-state index contributed by atoms with van der Waals surface area (Å²) >= 11 is 1.68. The second-order valence-electron chi connectivity index (χ2n) is 3.15. The van der Waals surface area contributed by atoms with Gasteiger partial charge in [-0.1, -0.05) is 23.4 Å². The molecule has 15 heavy (non-hydrogen) atoms. The summed E-state index contributed by atoms with van der Waals surface area (Å²) in [4.78, 5) is 1.20. The van der Waals surface area contributed by atoms with Gasteiger partial charge in [0, 0.05) is 4.90 Å². The van der Waals surface area contributed by atoms with Crippen LogP contribution in [0.2, 0.25) is 0 Å². The zero-order chi connectivity index (χ0) is 10.7. The standard InChI is InChI=1S/C10H12N4S/c1-8-10(11)14(13-12-8)7-15-9-5-3-2-4-6-9/h2-6H,7,11H2,1H3. The van der Waals surface area contributed by atoms with E-state index in [-0.39, 0.29) is 0 Å². The van der Waals surface area contributed by atoms with Crippen LogP contribution in [-0.2, 0) is 5.88 Å². The fourth-order valence-electron chi connectivity index (χ4n) is 1.16. The van der Waals surface area contributed by atoms with E-state index in [1.807, 2.05) is 25.1 Å². The first-order valence-electron chi connectivity index (χ1n) is 4.61. The summed E-state index contributed by atoms with van der Waals surface area (Å²) in [5.74, 6) is 1.33. The summed E-state index contributed by atoms with van der Waals surface area (Å²) in [5.41, 5.74) is 6.57. The van der Waals surface area contributed by atoms with Gasteiger partial charge in [-0.15, -0.1) is 16.9 Å². The summed E-state index contributed by atoms with van der Waals surface area (Å²) in [6.07, 6.45) is 0. The van der Waals surface area contributed by atoms with Gasteiger partial charge >= 0.3 is 0 Å². The zero-order valence-electron chi connectivity index (χ0n) is 8.42. The largest absolute Gasteiger partial charge is 0.382 e. The van der Waals surface area contributed by atoms with E-state index in [0.29, 0.717) is 11.7 Å². The van der Waals surface area contributed by atoms with Crippen LogP contribution in [0.5, 0.6) is 0 Å². The Balaban J connectivity index is 2.02. The number of aryl methyl sites for hydroxylation is 1. The molecule has 0 aliphatic rings. The van der Waals surface area contributed by atoms with Crippen LogP contribution in [0.25, 0.3) is 0 Å². The van der Waals surface area contributed by atoms with Crippen molar-refractivity contribution < 1.29 is 0 Å². The molecule has 2 rings (SSSR count). The van der Waals surface area contributed by atoms with Crippen molar-refractivity contribution in [3.8, 4) is 0 Å². The molecule has 2 aromatic rings. The first-order chi connectivity index (χ1) is 7.27. The van der Waals surface area contributed by atoms with Crippen molar-refractivity contribution in [3.05, 3.63) is 36.0 Å². The number of hydrogen-bond donors (Lipinski definition) is 1. The predicted octanol–water partition coefficient (Wildman–Crippen LogP) is 1.92. The molecule has 0 fully saturated rings. The van der Waals surface area contributed by atoms with Crippen LogP contribution in [0.4, 0.5) is 5.82 Å². The quantitative estimate of drug-likeness (QED) is 0.803. The molecule has 1 heterocycles. The van der Waals surface area contributed by atoms with E-state index >= 15 is 0 Å². The van der Waals surface area contributed by atoms with E-state index in [2.05, 4.69) is 22.4 Å². The lowest BCUT2D eigenvalue weighted by Crippen LogP contribution is -2.02. The van der Waals surface area contributed by atoms with Gasteiger partial charge in [0.25, 0.3) is 0 Å². The summed E-state index contributed by atoms with van der Waals surface area (Å²) in [6.45, 7) is 1.85. The number of nitrogens with zero attached hydrogens (tertiary/aromatic N) is 3. The fourth-order valence-corrected chi connectivity index (χ4v) is 1.97. The lowest BCUT2D eigenvalue weighted by atomic mass is 10.4. The third-order valence-corrected chi connectivity index (χ3v) is 3.03. The smallest absolute Gasteiger partial charge is 0.146 e. The summed E-state index contributed by atoms with van der Waals surface area (Å²) in [5, 5.41) is 7.85. The topological polar surface area (TPSA) is 56.7 Å². The van der Waals surface area contributed by atoms with Crippen molar-refractivity contribution in [2.24, 2.45) is 0 Å². The molecule has 0 bridgehead atoms. The minimum absolute atomic E-state index is 0.637. The highest BCUT2D eigenvalue weighted by atomic mass is 32.2. The van der Waals surface area contributed by atoms with Crippen molar-refractivity contribution in [2.45, 2.75) is 17.7 Å². The summed E-state index contributed by atoms with van der Waals surface area (Å²) < 4.78 is 1.70. The van der Waals surface area contributed by atoms with Crippen LogP contribution < -0.4 is 5.73 Å². The van der Waals surface area contributed by atoms with Crippen LogP contribution in [-0.4, -0.2) is 15.0 Å². The van der Waals surface area contributed by atoms with Crippen molar-refractivity contribution in [3.63, 3.8) is 0 Å². The van der Waals surface area contributed by atoms with Crippen LogP contribution in [0.1, 0.15) is 5.69 Å². The minimum atomic E-state index is 0.637. The summed E-state index contributed by atoms with van der Waals surface area (Å²) in [6, 6.07) is 10.1. The Labute approximate surface area is 92.5 Å². The first-order valence-corrected chi connectivity index (χ1v) is 5.59. The zero-order valence-corrected chi connectivity index (χ0v) is 9.24. The van der Waals surface area contributed by atoms with Gasteiger partial charge in [-0.3, -0.25) is 0 Å². The molecule has 0 radical (unpaired) electrons. The second kappa shape index (κ2) is 4.35. The molecule has 1 aromatic carbocycles. The van der Waals surface area contributed by atoms with Gasteiger partial charge in [-0.05, 0) is 19.1 Å². The van der Waals surface area contributed by atoms with Crippen molar-refractivity contribution in [1.29, 1.82) is 0 Å². The predicted molar refractivity (Wildman–Crippen MR) is 61.5 cm³/mol. The second-order valence-corrected chi connectivity index (χ2v) is 4.16. The first kappa shape index (κ1) is 10.0. The van der Waals surface area contributed by atoms with Crippen molar-refractivity contribution in [2.75, 3.05) is 5.73 Å². The van der Waals surface area contributed by atoms with Crippen LogP contribution in [0.3, 0.4) is 0 Å². The molecule has 5 heteroatoms. The van der Waals surface area contributed by atoms with Gasteiger partial charge in [-0.2, -0.15) is 0 Å². The maximum absolute atomic E-state index is 5.79. The lowest BCUT2D eigenvalue weighted by molar-refractivity contribution is 0.708. The molecular weight excluding hydrogens is 208 g/mol. The number of nitrogens with two attached hydrogens (primary N) is 1. The molecule has 0 spiro atoms. The molecule has 4 nitrogen and oxygen atoms in total. The Kier molecular flexibility index (Phi) is 2.91. The fraction of sp³-hybridized carbons (Fsp3) is 0.200. The SMILES string of the molecule is Cc1nnn(CSc2ccccc2)c1N. The molecule has 1 aromatic heterocycles. The van der Waals surface area contributed by atoms with Crippen LogP contribution >= 0.6 is 11.8 Å². The van der Waals surface area contributed by atoms with Gasteiger partial charge in [0.2, 0.25) is 0 Å². The van der Waals surface area contributed by atoms with E-state index in [1.165, 1.54) is 4.90 Å². The Bertz CT molecular complexity index is 438. The molecule has 78 valence electrons. The van der Waals surface area contributed by atoms with Crippen molar-refractivity contribution in [1.82, 2.24) is 15.0 Å². The van der Waals surface area contributed by atoms with Crippen LogP contribution in [0.15, 0.2) is 35.2 Å². The van der Waals surface area contributed by atoms with Crippen LogP contribution in [0, 0.1) is 6.92 Å². The monoisotopic (exact) mass is 220 g/mol. The van der Waals surface area contributed by atoms with Gasteiger partial charge in [0.15, 0.2) is 0 Å². The normalized spacial score (nSPS) is 10.5. The molecule has 0 aliphatic carbocycles. The summed E-state index contributed by atoms with van der Waals surface area (Å²) in [7, 11) is 0. The lowest BCUT2D eigenvalue weighted by Gasteiger charge is -2.02. The van der Waals surface area contributed by atoms with E-state index < -0.39 is 0 Å². The molecule has 0 saturated carbocycles. The third kappa shape index (κ3) is 2.30. The Morgan fingerprint density at radius 3 is 2.67 bits per heavy atom. The average molecular weight is 220 g/mol. The molecule has 0 atom stereocenters. The molecule has 0 unspecified atom stereocenters. The Morgan fingerprint density at radius 1 is 1.33 bits per heavy atom. The van der Waals surface area contributed by atoms with E-state index in [9.17, 15) is 0 Å². The number of aromatic nitrogens is 3. The number of hydrogen-bond acceptors (Lipinski definition) is 4. The average Bonchev–Trinajstić information content (AvgIpc) is 2.59. The number of benzene rings is 1. The highest BCUT2D eigenvalue weighted by Gasteiger charge is 2.04. The molecule has 2 N–H and O–H groups in total. The highest BCUT2D eigenvalue weighted by Crippen LogP contribution is 2.20. The van der Waals surface area contributed by atoms with Gasteiger partial charge < -0.3 is 5.73 Å². The number of rotatable bonds is 3. The third-order valence-electron chi connectivity index (χ3n) is 2.05. The van der Waals surface area contributed by atoms with E-state index in [1.54, 1.807) is 16.4 Å². The maximum Gasteiger partial charge on any atom is 0.146 e. The molecular formula is C10H12N4S. The number of anilines is 1. The number of thioether (sulfide) groups is 1. The molecule has 0 aliphatic heterocycles. The maximum atomic E-state index is 5.79. The Morgan fingerprint density at radius 2 is 2.07 bits per heavy atom. The Hall–Kier alpha value is -1.49. The van der Waals surface area contributed by atoms with Crippen molar-refractivity contribution >= 4 is 17.6 Å². The van der Waals surface area contributed by atoms with E-state index in [4.69, 9.17) is 5.73 Å². The highest BCUT2D eigenvalue weighted by molar-refractivity contribution is 7.98.